The number of hydrogen-bond donors (Lipinski definition) is 1. The van der Waals surface area contributed by atoms with Crippen LogP contribution < -0.4 is 5.32 Å². The molecule has 0 spiro atoms. The molecular weight excluding hydrogens is 244 g/mol. The minimum Gasteiger partial charge on any atom is -0.311 e. The zero-order valence-corrected chi connectivity index (χ0v) is 13.6. The fraction of sp³-hybridized carbons (Fsp3) is 1.00. The molecule has 0 radical (unpaired) electrons. The zero-order valence-electron chi connectivity index (χ0n) is 13.6. The lowest BCUT2D eigenvalue weighted by atomic mass is 9.78. The Bertz CT molecular complexity index is 288. The lowest BCUT2D eigenvalue weighted by molar-refractivity contribution is 0.0640. The van der Waals surface area contributed by atoms with E-state index in [0.717, 1.165) is 29.8 Å². The van der Waals surface area contributed by atoms with Crippen molar-refractivity contribution in [2.24, 2.45) is 17.8 Å². The number of rotatable bonds is 2. The van der Waals surface area contributed by atoms with E-state index in [1.807, 2.05) is 0 Å². The normalized spacial score (nSPS) is 41.7. The molecule has 20 heavy (non-hydrogen) atoms. The van der Waals surface area contributed by atoms with Gasteiger partial charge in [-0.1, -0.05) is 33.1 Å². The first kappa shape index (κ1) is 14.8. The summed E-state index contributed by atoms with van der Waals surface area (Å²) in [7, 11) is 0. The van der Waals surface area contributed by atoms with Gasteiger partial charge in [-0.3, -0.25) is 4.90 Å². The minimum absolute atomic E-state index is 0.789. The third kappa shape index (κ3) is 3.57. The molecule has 1 N–H and O–H groups in total. The second kappa shape index (κ2) is 6.79. The van der Waals surface area contributed by atoms with Crippen LogP contribution in [0.1, 0.15) is 65.2 Å². The van der Waals surface area contributed by atoms with Gasteiger partial charge in [-0.25, -0.2) is 0 Å². The summed E-state index contributed by atoms with van der Waals surface area (Å²) < 4.78 is 0. The van der Waals surface area contributed by atoms with E-state index < -0.39 is 0 Å². The molecule has 2 nitrogen and oxygen atoms in total. The average Bonchev–Trinajstić information content (AvgIpc) is 2.47. The van der Waals surface area contributed by atoms with E-state index in [0.29, 0.717) is 0 Å². The predicted octanol–water partition coefficient (Wildman–Crippen LogP) is 3.67. The number of piperazine rings is 1. The number of nitrogens with zero attached hydrogens (tertiary/aromatic N) is 1. The maximum absolute atomic E-state index is 3.84. The maximum Gasteiger partial charge on any atom is 0.0223 e. The van der Waals surface area contributed by atoms with Gasteiger partial charge in [-0.2, -0.15) is 0 Å². The van der Waals surface area contributed by atoms with Gasteiger partial charge < -0.3 is 5.32 Å². The van der Waals surface area contributed by atoms with Crippen molar-refractivity contribution in [1.82, 2.24) is 10.2 Å². The topological polar surface area (TPSA) is 15.3 Å². The molecule has 1 saturated heterocycles. The van der Waals surface area contributed by atoms with Gasteiger partial charge in [0.15, 0.2) is 0 Å². The van der Waals surface area contributed by atoms with Crippen LogP contribution in [0, 0.1) is 17.8 Å². The summed E-state index contributed by atoms with van der Waals surface area (Å²) in [6.45, 7) is 8.76. The van der Waals surface area contributed by atoms with Crippen molar-refractivity contribution < 1.29 is 0 Å². The number of hydrogen-bond acceptors (Lipinski definition) is 2. The molecule has 0 aromatic heterocycles. The smallest absolute Gasteiger partial charge is 0.0223 e. The van der Waals surface area contributed by atoms with Crippen molar-refractivity contribution >= 4 is 0 Å². The zero-order chi connectivity index (χ0) is 13.9. The van der Waals surface area contributed by atoms with Crippen LogP contribution in [0.15, 0.2) is 0 Å². The molecule has 116 valence electrons. The molecule has 3 unspecified atom stereocenters. The van der Waals surface area contributed by atoms with Crippen molar-refractivity contribution in [1.29, 1.82) is 0 Å². The Morgan fingerprint density at radius 3 is 2.30 bits per heavy atom. The van der Waals surface area contributed by atoms with Crippen LogP contribution in [0.4, 0.5) is 0 Å². The number of nitrogens with one attached hydrogen (secondary N) is 1. The van der Waals surface area contributed by atoms with Crippen LogP contribution in [0.3, 0.4) is 0 Å². The third-order valence-electron chi connectivity index (χ3n) is 6.13. The maximum atomic E-state index is 3.84. The largest absolute Gasteiger partial charge is 0.311 e. The summed E-state index contributed by atoms with van der Waals surface area (Å²) in [5.41, 5.74) is 0. The van der Waals surface area contributed by atoms with Gasteiger partial charge >= 0.3 is 0 Å². The van der Waals surface area contributed by atoms with Crippen LogP contribution in [-0.2, 0) is 0 Å². The van der Waals surface area contributed by atoms with Gasteiger partial charge in [0.05, 0.1) is 0 Å². The van der Waals surface area contributed by atoms with E-state index >= 15 is 0 Å². The summed E-state index contributed by atoms with van der Waals surface area (Å²) in [6, 6.07) is 1.67. The molecule has 3 atom stereocenters. The molecule has 0 amide bonds. The van der Waals surface area contributed by atoms with Gasteiger partial charge in [-0.15, -0.1) is 0 Å². The molecular formula is C18H34N2. The Hall–Kier alpha value is -0.0800. The summed E-state index contributed by atoms with van der Waals surface area (Å²) in [5, 5.41) is 3.84. The third-order valence-corrected chi connectivity index (χ3v) is 6.13. The van der Waals surface area contributed by atoms with Crippen LogP contribution in [-0.4, -0.2) is 36.6 Å². The van der Waals surface area contributed by atoms with Crippen molar-refractivity contribution in [3.05, 3.63) is 0 Å². The quantitative estimate of drug-likeness (QED) is 0.829. The SMILES string of the molecule is CC1CC(C)CC(N2CCNC(C3CCCCC3)C2)C1. The Balaban J connectivity index is 1.56. The molecule has 2 aliphatic carbocycles. The molecule has 0 aromatic carbocycles. The Labute approximate surface area is 125 Å². The molecule has 1 heterocycles. The molecule has 0 bridgehead atoms. The summed E-state index contributed by atoms with van der Waals surface area (Å²) in [6.07, 6.45) is 11.7. The first-order valence-electron chi connectivity index (χ1n) is 9.20. The Morgan fingerprint density at radius 1 is 0.900 bits per heavy atom. The monoisotopic (exact) mass is 278 g/mol. The predicted molar refractivity (Wildman–Crippen MR) is 85.9 cm³/mol. The molecule has 2 heteroatoms. The van der Waals surface area contributed by atoms with Crippen LogP contribution in [0.5, 0.6) is 0 Å². The minimum atomic E-state index is 0.789. The second-order valence-electron chi connectivity index (χ2n) is 8.02. The summed E-state index contributed by atoms with van der Waals surface area (Å²) in [4.78, 5) is 2.85. The first-order chi connectivity index (χ1) is 9.72. The standard InChI is InChI=1S/C18H34N2/c1-14-10-15(2)12-17(11-14)20-9-8-19-18(13-20)16-6-4-3-5-7-16/h14-19H,3-13H2,1-2H3. The highest BCUT2D eigenvalue weighted by Crippen LogP contribution is 2.33. The van der Waals surface area contributed by atoms with Gasteiger partial charge in [0.1, 0.15) is 0 Å². The van der Waals surface area contributed by atoms with E-state index in [4.69, 9.17) is 0 Å². The molecule has 3 rings (SSSR count). The van der Waals surface area contributed by atoms with Gasteiger partial charge in [0, 0.05) is 31.7 Å². The second-order valence-corrected chi connectivity index (χ2v) is 8.02. The summed E-state index contributed by atoms with van der Waals surface area (Å²) in [5.74, 6) is 2.84. The molecule has 1 aliphatic heterocycles. The van der Waals surface area contributed by atoms with Gasteiger partial charge in [0.2, 0.25) is 0 Å². The van der Waals surface area contributed by atoms with Crippen molar-refractivity contribution in [2.45, 2.75) is 77.3 Å². The lowest BCUT2D eigenvalue weighted by Crippen LogP contribution is -2.57. The highest BCUT2D eigenvalue weighted by atomic mass is 15.2. The average molecular weight is 278 g/mol. The Morgan fingerprint density at radius 2 is 1.60 bits per heavy atom. The fourth-order valence-corrected chi connectivity index (χ4v) is 5.19. The van der Waals surface area contributed by atoms with Crippen molar-refractivity contribution in [2.75, 3.05) is 19.6 Å². The highest BCUT2D eigenvalue weighted by Gasteiger charge is 2.33. The molecule has 3 fully saturated rings. The Kier molecular flexibility index (Phi) is 5.04. The highest BCUT2D eigenvalue weighted by molar-refractivity contribution is 4.90. The van der Waals surface area contributed by atoms with E-state index in [1.165, 1.54) is 71.0 Å². The molecule has 0 aromatic rings. The first-order valence-corrected chi connectivity index (χ1v) is 9.20. The van der Waals surface area contributed by atoms with Crippen molar-refractivity contribution in [3.63, 3.8) is 0 Å². The molecule has 3 aliphatic rings. The van der Waals surface area contributed by atoms with E-state index in [9.17, 15) is 0 Å². The lowest BCUT2D eigenvalue weighted by Gasteiger charge is -2.45. The van der Waals surface area contributed by atoms with Crippen LogP contribution in [0.25, 0.3) is 0 Å². The van der Waals surface area contributed by atoms with E-state index in [-0.39, 0.29) is 0 Å². The van der Waals surface area contributed by atoms with Gasteiger partial charge in [-0.05, 0) is 49.9 Å². The van der Waals surface area contributed by atoms with E-state index in [2.05, 4.69) is 24.1 Å². The van der Waals surface area contributed by atoms with Gasteiger partial charge in [0.25, 0.3) is 0 Å². The fourth-order valence-electron chi connectivity index (χ4n) is 5.19. The van der Waals surface area contributed by atoms with E-state index in [1.54, 1.807) is 0 Å². The van der Waals surface area contributed by atoms with Crippen LogP contribution >= 0.6 is 0 Å². The summed E-state index contributed by atoms with van der Waals surface area (Å²) >= 11 is 0. The molecule has 2 saturated carbocycles. The van der Waals surface area contributed by atoms with Crippen LogP contribution in [0.2, 0.25) is 0 Å². The van der Waals surface area contributed by atoms with Crippen molar-refractivity contribution in [3.8, 4) is 0 Å².